The van der Waals surface area contributed by atoms with Gasteiger partial charge >= 0.3 is 0 Å². The van der Waals surface area contributed by atoms with E-state index in [1.807, 2.05) is 51.1 Å². The third-order valence-corrected chi connectivity index (χ3v) is 7.14. The van der Waals surface area contributed by atoms with Gasteiger partial charge in [0, 0.05) is 31.1 Å². The third kappa shape index (κ3) is 8.11. The molecule has 3 rings (SSSR count). The van der Waals surface area contributed by atoms with E-state index in [0.29, 0.717) is 30.2 Å². The minimum absolute atomic E-state index is 0.0892. The van der Waals surface area contributed by atoms with Gasteiger partial charge in [0.2, 0.25) is 28.6 Å². The number of amides is 2. The van der Waals surface area contributed by atoms with Crippen LogP contribution in [0, 0.1) is 0 Å². The summed E-state index contributed by atoms with van der Waals surface area (Å²) in [6, 6.07) is 14.0. The van der Waals surface area contributed by atoms with Crippen LogP contribution >= 0.6 is 0 Å². The Balaban J connectivity index is 1.70. The summed E-state index contributed by atoms with van der Waals surface area (Å²) in [4.78, 5) is 27.8. The van der Waals surface area contributed by atoms with Gasteiger partial charge in [0.15, 0.2) is 11.5 Å². The van der Waals surface area contributed by atoms with Crippen molar-refractivity contribution in [1.82, 2.24) is 10.2 Å². The maximum absolute atomic E-state index is 13.3. The highest BCUT2D eigenvalue weighted by atomic mass is 32.2. The second kappa shape index (κ2) is 11.9. The number of carbonyl (C=O) groups excluding carboxylic acids is 2. The highest BCUT2D eigenvalue weighted by Crippen LogP contribution is 2.36. The maximum Gasteiger partial charge on any atom is 0.242 e. The van der Waals surface area contributed by atoms with Crippen molar-refractivity contribution in [2.45, 2.75) is 58.5 Å². The Hall–Kier alpha value is -3.27. The maximum atomic E-state index is 13.3. The van der Waals surface area contributed by atoms with Crippen LogP contribution in [0.3, 0.4) is 0 Å². The van der Waals surface area contributed by atoms with Gasteiger partial charge in [0.25, 0.3) is 0 Å². The Morgan fingerprint density at radius 2 is 1.70 bits per heavy atom. The second-order valence-corrected chi connectivity index (χ2v) is 12.1. The Morgan fingerprint density at radius 1 is 1.03 bits per heavy atom. The van der Waals surface area contributed by atoms with Crippen LogP contribution in [0.4, 0.5) is 5.69 Å². The number of ether oxygens (including phenoxy) is 2. The van der Waals surface area contributed by atoms with Crippen LogP contribution in [0.5, 0.6) is 11.5 Å². The molecule has 0 spiro atoms. The van der Waals surface area contributed by atoms with Crippen LogP contribution in [0.25, 0.3) is 0 Å². The summed E-state index contributed by atoms with van der Waals surface area (Å²) in [6.07, 6.45) is 2.12. The van der Waals surface area contributed by atoms with Crippen LogP contribution in [-0.2, 0) is 26.0 Å². The molecule has 0 aromatic heterocycles. The molecular formula is C27H37N3O6S. The van der Waals surface area contributed by atoms with E-state index in [0.717, 1.165) is 11.8 Å². The molecule has 0 saturated heterocycles. The molecule has 0 aliphatic carbocycles. The van der Waals surface area contributed by atoms with Crippen LogP contribution in [0.2, 0.25) is 0 Å². The number of nitrogens with one attached hydrogen (secondary N) is 1. The number of benzene rings is 2. The van der Waals surface area contributed by atoms with Crippen molar-refractivity contribution >= 4 is 27.5 Å². The van der Waals surface area contributed by atoms with Gasteiger partial charge < -0.3 is 19.7 Å². The average Bonchev–Trinajstić information content (AvgIpc) is 3.28. The molecule has 1 aliphatic rings. The van der Waals surface area contributed by atoms with E-state index in [1.165, 1.54) is 4.31 Å². The van der Waals surface area contributed by atoms with Crippen molar-refractivity contribution < 1.29 is 27.5 Å². The van der Waals surface area contributed by atoms with Crippen molar-refractivity contribution in [2.75, 3.05) is 30.4 Å². The predicted molar refractivity (Wildman–Crippen MR) is 143 cm³/mol. The lowest BCUT2D eigenvalue weighted by atomic mass is 10.1. The van der Waals surface area contributed by atoms with E-state index >= 15 is 0 Å². The number of rotatable bonds is 11. The molecule has 0 bridgehead atoms. The molecule has 1 heterocycles. The summed E-state index contributed by atoms with van der Waals surface area (Å²) >= 11 is 0. The molecule has 0 radical (unpaired) electrons. The van der Waals surface area contributed by atoms with Gasteiger partial charge in [-0.1, -0.05) is 30.3 Å². The normalized spacial score (nSPS) is 13.6. The molecule has 0 fully saturated rings. The first-order valence-electron chi connectivity index (χ1n) is 12.4. The van der Waals surface area contributed by atoms with Crippen LogP contribution in [-0.4, -0.2) is 62.9 Å². The van der Waals surface area contributed by atoms with Crippen molar-refractivity contribution in [1.29, 1.82) is 0 Å². The monoisotopic (exact) mass is 531 g/mol. The van der Waals surface area contributed by atoms with Crippen LogP contribution in [0.1, 0.15) is 46.1 Å². The van der Waals surface area contributed by atoms with Crippen LogP contribution in [0.15, 0.2) is 48.5 Å². The van der Waals surface area contributed by atoms with Gasteiger partial charge in [0.05, 0.1) is 11.9 Å². The first-order chi connectivity index (χ1) is 17.3. The van der Waals surface area contributed by atoms with E-state index in [9.17, 15) is 18.0 Å². The van der Waals surface area contributed by atoms with Gasteiger partial charge in [-0.15, -0.1) is 0 Å². The lowest BCUT2D eigenvalue weighted by Crippen LogP contribution is -2.53. The molecule has 2 aromatic rings. The molecular weight excluding hydrogens is 494 g/mol. The molecule has 1 N–H and O–H groups in total. The highest BCUT2D eigenvalue weighted by Gasteiger charge is 2.28. The van der Waals surface area contributed by atoms with Crippen molar-refractivity contribution in [3.05, 3.63) is 54.1 Å². The standard InChI is InChI=1S/C27H37N3O6S/c1-20(26(32)28-27(2,3)4)29(17-15-21-10-7-6-8-11-21)25(31)12-9-16-30(37(5,33)34)22-13-14-23-24(18-22)36-19-35-23/h6-8,10-11,13-14,18,20H,9,12,15-17,19H2,1-5H3,(H,28,32)/t20-/m0/s1. The summed E-state index contributed by atoms with van der Waals surface area (Å²) in [5, 5.41) is 2.95. The molecule has 1 atom stereocenters. The fourth-order valence-corrected chi connectivity index (χ4v) is 5.05. The van der Waals surface area contributed by atoms with Gasteiger partial charge in [-0.2, -0.15) is 0 Å². The molecule has 202 valence electrons. The minimum atomic E-state index is -3.60. The summed E-state index contributed by atoms with van der Waals surface area (Å²) in [6.45, 7) is 7.97. The van der Waals surface area contributed by atoms with Gasteiger partial charge in [-0.25, -0.2) is 8.42 Å². The fourth-order valence-electron chi connectivity index (χ4n) is 4.09. The number of hydrogen-bond donors (Lipinski definition) is 1. The summed E-state index contributed by atoms with van der Waals surface area (Å²) in [5.74, 6) is 0.607. The molecule has 9 nitrogen and oxygen atoms in total. The lowest BCUT2D eigenvalue weighted by Gasteiger charge is -2.32. The van der Waals surface area contributed by atoms with Crippen molar-refractivity contribution in [2.24, 2.45) is 0 Å². The predicted octanol–water partition coefficient (Wildman–Crippen LogP) is 3.34. The number of hydrogen-bond acceptors (Lipinski definition) is 6. The van der Waals surface area contributed by atoms with Gasteiger partial charge in [-0.05, 0) is 58.2 Å². The van der Waals surface area contributed by atoms with E-state index in [2.05, 4.69) is 5.32 Å². The van der Waals surface area contributed by atoms with E-state index < -0.39 is 21.6 Å². The molecule has 2 amide bonds. The topological polar surface area (TPSA) is 105 Å². The molecule has 1 aliphatic heterocycles. The van der Waals surface area contributed by atoms with Gasteiger partial charge in [-0.3, -0.25) is 13.9 Å². The Bertz CT molecular complexity index is 1190. The highest BCUT2D eigenvalue weighted by molar-refractivity contribution is 7.92. The second-order valence-electron chi connectivity index (χ2n) is 10.2. The molecule has 10 heteroatoms. The smallest absolute Gasteiger partial charge is 0.242 e. The summed E-state index contributed by atoms with van der Waals surface area (Å²) < 4.78 is 37.0. The van der Waals surface area contributed by atoms with Crippen LogP contribution < -0.4 is 19.1 Å². The molecule has 37 heavy (non-hydrogen) atoms. The largest absolute Gasteiger partial charge is 0.454 e. The quantitative estimate of drug-likeness (QED) is 0.477. The third-order valence-electron chi connectivity index (χ3n) is 5.95. The first kappa shape index (κ1) is 28.3. The van der Waals surface area contributed by atoms with E-state index in [-0.39, 0.29) is 38.0 Å². The number of sulfonamides is 1. The zero-order chi connectivity index (χ0) is 27.2. The zero-order valence-electron chi connectivity index (χ0n) is 22.2. The number of nitrogens with zero attached hydrogens (tertiary/aromatic N) is 2. The summed E-state index contributed by atoms with van der Waals surface area (Å²) in [7, 11) is -3.60. The summed E-state index contributed by atoms with van der Waals surface area (Å²) in [5.41, 5.74) is 1.08. The number of anilines is 1. The average molecular weight is 532 g/mol. The number of fused-ring (bicyclic) bond motifs is 1. The Morgan fingerprint density at radius 3 is 2.35 bits per heavy atom. The molecule has 0 unspecified atom stereocenters. The fraction of sp³-hybridized carbons (Fsp3) is 0.481. The zero-order valence-corrected chi connectivity index (χ0v) is 23.0. The SMILES string of the molecule is C[C@@H](C(=O)NC(C)(C)C)N(CCc1ccccc1)C(=O)CCCN(c1ccc2c(c1)OCO2)S(C)(=O)=O. The van der Waals surface area contributed by atoms with Gasteiger partial charge in [0.1, 0.15) is 6.04 Å². The lowest BCUT2D eigenvalue weighted by molar-refractivity contribution is -0.140. The molecule has 0 saturated carbocycles. The van der Waals surface area contributed by atoms with Crippen molar-refractivity contribution in [3.63, 3.8) is 0 Å². The van der Waals surface area contributed by atoms with E-state index in [4.69, 9.17) is 9.47 Å². The molecule has 2 aromatic carbocycles. The Labute approximate surface area is 219 Å². The minimum Gasteiger partial charge on any atom is -0.454 e. The van der Waals surface area contributed by atoms with Crippen molar-refractivity contribution in [3.8, 4) is 11.5 Å². The van der Waals surface area contributed by atoms with E-state index in [1.54, 1.807) is 30.0 Å². The Kier molecular flexibility index (Phi) is 9.07. The first-order valence-corrected chi connectivity index (χ1v) is 14.2. The number of carbonyl (C=O) groups is 2.